The van der Waals surface area contributed by atoms with Crippen molar-refractivity contribution in [1.29, 1.82) is 0 Å². The number of benzene rings is 1. The molecule has 1 aromatic carbocycles. The summed E-state index contributed by atoms with van der Waals surface area (Å²) in [6, 6.07) is 12.6. The largest absolute Gasteiger partial charge is 0.369 e. The standard InChI is InChI=1S/C17H22FN3/c1-3-10-19-12-15-7-5-8-16(20-15)13-21(2)17-9-4-6-14(18)11-17/h4-9,11,19H,3,10,12-13H2,1-2H3. The molecular weight excluding hydrogens is 265 g/mol. The van der Waals surface area contributed by atoms with Gasteiger partial charge in [0.15, 0.2) is 0 Å². The first-order chi connectivity index (χ1) is 10.2. The minimum Gasteiger partial charge on any atom is -0.369 e. The van der Waals surface area contributed by atoms with E-state index in [1.807, 2.05) is 36.2 Å². The number of aromatic nitrogens is 1. The number of anilines is 1. The number of hydrogen-bond acceptors (Lipinski definition) is 3. The maximum Gasteiger partial charge on any atom is 0.125 e. The van der Waals surface area contributed by atoms with E-state index >= 15 is 0 Å². The van der Waals surface area contributed by atoms with Crippen LogP contribution < -0.4 is 10.2 Å². The van der Waals surface area contributed by atoms with Gasteiger partial charge < -0.3 is 10.2 Å². The molecule has 0 radical (unpaired) electrons. The van der Waals surface area contributed by atoms with Gasteiger partial charge >= 0.3 is 0 Å². The molecule has 1 heterocycles. The van der Waals surface area contributed by atoms with E-state index in [0.29, 0.717) is 6.54 Å². The van der Waals surface area contributed by atoms with Crippen molar-refractivity contribution in [1.82, 2.24) is 10.3 Å². The molecule has 2 rings (SSSR count). The Morgan fingerprint density at radius 3 is 2.67 bits per heavy atom. The Morgan fingerprint density at radius 2 is 1.90 bits per heavy atom. The molecule has 0 amide bonds. The number of pyridine rings is 1. The van der Waals surface area contributed by atoms with Crippen LogP contribution in [0.25, 0.3) is 0 Å². The molecule has 21 heavy (non-hydrogen) atoms. The predicted molar refractivity (Wildman–Crippen MR) is 84.7 cm³/mol. The summed E-state index contributed by atoms with van der Waals surface area (Å²) in [6.45, 7) is 4.58. The lowest BCUT2D eigenvalue weighted by atomic mass is 10.2. The van der Waals surface area contributed by atoms with Gasteiger partial charge in [0, 0.05) is 19.3 Å². The van der Waals surface area contributed by atoms with Gasteiger partial charge in [0.05, 0.1) is 17.9 Å². The van der Waals surface area contributed by atoms with Crippen LogP contribution in [0.3, 0.4) is 0 Å². The Bertz CT molecular complexity index is 571. The molecule has 3 nitrogen and oxygen atoms in total. The first kappa shape index (κ1) is 15.4. The van der Waals surface area contributed by atoms with Gasteiger partial charge in [-0.15, -0.1) is 0 Å². The summed E-state index contributed by atoms with van der Waals surface area (Å²) < 4.78 is 13.3. The summed E-state index contributed by atoms with van der Waals surface area (Å²) in [6.07, 6.45) is 1.11. The van der Waals surface area contributed by atoms with Crippen LogP contribution in [-0.2, 0) is 13.1 Å². The highest BCUT2D eigenvalue weighted by Gasteiger charge is 2.05. The second-order valence-electron chi connectivity index (χ2n) is 5.13. The molecule has 0 aliphatic heterocycles. The Kier molecular flexibility index (Phi) is 5.69. The fourth-order valence-electron chi connectivity index (χ4n) is 2.16. The van der Waals surface area contributed by atoms with E-state index in [-0.39, 0.29) is 5.82 Å². The van der Waals surface area contributed by atoms with E-state index in [4.69, 9.17) is 0 Å². The van der Waals surface area contributed by atoms with Crippen molar-refractivity contribution in [2.75, 3.05) is 18.5 Å². The van der Waals surface area contributed by atoms with Crippen molar-refractivity contribution in [3.63, 3.8) is 0 Å². The molecule has 0 atom stereocenters. The monoisotopic (exact) mass is 287 g/mol. The van der Waals surface area contributed by atoms with E-state index in [2.05, 4.69) is 17.2 Å². The third kappa shape index (κ3) is 4.83. The average molecular weight is 287 g/mol. The predicted octanol–water partition coefficient (Wildman–Crippen LogP) is 3.36. The lowest BCUT2D eigenvalue weighted by Crippen LogP contribution is -2.19. The fraction of sp³-hybridized carbons (Fsp3) is 0.353. The second-order valence-corrected chi connectivity index (χ2v) is 5.13. The highest BCUT2D eigenvalue weighted by atomic mass is 19.1. The van der Waals surface area contributed by atoms with Crippen LogP contribution in [0.15, 0.2) is 42.5 Å². The highest BCUT2D eigenvalue weighted by molar-refractivity contribution is 5.45. The molecule has 2 aromatic rings. The van der Waals surface area contributed by atoms with Crippen LogP contribution >= 0.6 is 0 Å². The number of rotatable bonds is 7. The quantitative estimate of drug-likeness (QED) is 0.792. The molecule has 0 aliphatic carbocycles. The molecule has 0 bridgehead atoms. The van der Waals surface area contributed by atoms with Crippen LogP contribution in [0.4, 0.5) is 10.1 Å². The van der Waals surface area contributed by atoms with Gasteiger partial charge in [0.2, 0.25) is 0 Å². The van der Waals surface area contributed by atoms with E-state index in [9.17, 15) is 4.39 Å². The van der Waals surface area contributed by atoms with Crippen molar-refractivity contribution >= 4 is 5.69 Å². The zero-order valence-electron chi connectivity index (χ0n) is 12.6. The van der Waals surface area contributed by atoms with Crippen LogP contribution in [-0.4, -0.2) is 18.6 Å². The van der Waals surface area contributed by atoms with Gasteiger partial charge in [-0.3, -0.25) is 4.98 Å². The summed E-state index contributed by atoms with van der Waals surface area (Å²) >= 11 is 0. The van der Waals surface area contributed by atoms with Crippen molar-refractivity contribution in [3.8, 4) is 0 Å². The molecule has 4 heteroatoms. The summed E-state index contributed by atoms with van der Waals surface area (Å²) in [4.78, 5) is 6.63. The van der Waals surface area contributed by atoms with Crippen LogP contribution in [0.2, 0.25) is 0 Å². The Morgan fingerprint density at radius 1 is 1.14 bits per heavy atom. The fourth-order valence-corrected chi connectivity index (χ4v) is 2.16. The van der Waals surface area contributed by atoms with Crippen LogP contribution in [0.1, 0.15) is 24.7 Å². The van der Waals surface area contributed by atoms with Gasteiger partial charge in [0.1, 0.15) is 5.82 Å². The van der Waals surface area contributed by atoms with Crippen molar-refractivity contribution in [3.05, 3.63) is 59.7 Å². The topological polar surface area (TPSA) is 28.2 Å². The maximum atomic E-state index is 13.3. The summed E-state index contributed by atoms with van der Waals surface area (Å²) in [5.74, 6) is -0.218. The smallest absolute Gasteiger partial charge is 0.125 e. The lowest BCUT2D eigenvalue weighted by molar-refractivity contribution is 0.627. The molecule has 1 aromatic heterocycles. The SMILES string of the molecule is CCCNCc1cccc(CN(C)c2cccc(F)c2)n1. The van der Waals surface area contributed by atoms with Gasteiger partial charge in [-0.05, 0) is 43.3 Å². The van der Waals surface area contributed by atoms with Gasteiger partial charge in [-0.25, -0.2) is 4.39 Å². The van der Waals surface area contributed by atoms with E-state index in [1.54, 1.807) is 6.07 Å². The van der Waals surface area contributed by atoms with Crippen LogP contribution in [0.5, 0.6) is 0 Å². The second kappa shape index (κ2) is 7.74. The number of nitrogens with zero attached hydrogens (tertiary/aromatic N) is 2. The molecule has 0 fully saturated rings. The number of halogens is 1. The summed E-state index contributed by atoms with van der Waals surface area (Å²) in [5, 5.41) is 3.35. The Hall–Kier alpha value is -1.94. The average Bonchev–Trinajstić information content (AvgIpc) is 2.48. The first-order valence-corrected chi connectivity index (χ1v) is 7.31. The zero-order valence-corrected chi connectivity index (χ0v) is 12.6. The normalized spacial score (nSPS) is 10.6. The van der Waals surface area contributed by atoms with E-state index in [1.165, 1.54) is 12.1 Å². The summed E-state index contributed by atoms with van der Waals surface area (Å²) in [5.41, 5.74) is 2.87. The molecule has 1 N–H and O–H groups in total. The van der Waals surface area contributed by atoms with Crippen molar-refractivity contribution < 1.29 is 4.39 Å². The third-order valence-corrected chi connectivity index (χ3v) is 3.25. The third-order valence-electron chi connectivity index (χ3n) is 3.25. The molecular formula is C17H22FN3. The molecule has 0 aliphatic rings. The molecule has 0 unspecified atom stereocenters. The van der Waals surface area contributed by atoms with E-state index < -0.39 is 0 Å². The zero-order chi connectivity index (χ0) is 15.1. The minimum atomic E-state index is -0.218. The Labute approximate surface area is 125 Å². The molecule has 0 saturated carbocycles. The van der Waals surface area contributed by atoms with E-state index in [0.717, 1.165) is 36.6 Å². The van der Waals surface area contributed by atoms with Gasteiger partial charge in [-0.1, -0.05) is 19.1 Å². The maximum absolute atomic E-state index is 13.3. The molecule has 0 saturated heterocycles. The highest BCUT2D eigenvalue weighted by Crippen LogP contribution is 2.16. The van der Waals surface area contributed by atoms with Crippen molar-refractivity contribution in [2.24, 2.45) is 0 Å². The minimum absolute atomic E-state index is 0.218. The molecule has 0 spiro atoms. The van der Waals surface area contributed by atoms with Gasteiger partial charge in [0.25, 0.3) is 0 Å². The summed E-state index contributed by atoms with van der Waals surface area (Å²) in [7, 11) is 1.94. The number of hydrogen-bond donors (Lipinski definition) is 1. The Balaban J connectivity index is 2.00. The molecule has 112 valence electrons. The first-order valence-electron chi connectivity index (χ1n) is 7.31. The van der Waals surface area contributed by atoms with Gasteiger partial charge in [-0.2, -0.15) is 0 Å². The lowest BCUT2D eigenvalue weighted by Gasteiger charge is -2.19. The number of nitrogens with one attached hydrogen (secondary N) is 1. The van der Waals surface area contributed by atoms with Crippen LogP contribution in [0, 0.1) is 5.82 Å². The van der Waals surface area contributed by atoms with Crippen molar-refractivity contribution in [2.45, 2.75) is 26.4 Å².